The summed E-state index contributed by atoms with van der Waals surface area (Å²) < 4.78 is 9.90. The Morgan fingerprint density at radius 1 is 1.27 bits per heavy atom. The van der Waals surface area contributed by atoms with E-state index in [0.717, 1.165) is 12.5 Å². The molecule has 9 heteroatoms. The quantitative estimate of drug-likeness (QED) is 0.265. The normalized spacial score (nSPS) is 10.5. The van der Waals surface area contributed by atoms with E-state index in [4.69, 9.17) is 9.47 Å². The Hall–Kier alpha value is -2.68. The zero-order valence-corrected chi connectivity index (χ0v) is 15.2. The molecule has 0 saturated carbocycles. The molecular weight excluding hydrogens is 342 g/mol. The minimum Gasteiger partial charge on any atom is -0.452 e. The first-order chi connectivity index (χ1) is 12.3. The van der Waals surface area contributed by atoms with Gasteiger partial charge in [-0.2, -0.15) is 0 Å². The van der Waals surface area contributed by atoms with E-state index in [1.807, 2.05) is 13.8 Å². The van der Waals surface area contributed by atoms with Gasteiger partial charge >= 0.3 is 5.97 Å². The van der Waals surface area contributed by atoms with Crippen LogP contribution in [-0.4, -0.2) is 50.2 Å². The first kappa shape index (κ1) is 21.4. The summed E-state index contributed by atoms with van der Waals surface area (Å²) in [6.45, 7) is 4.92. The van der Waals surface area contributed by atoms with Gasteiger partial charge in [0.2, 0.25) is 0 Å². The molecule has 144 valence electrons. The molecule has 0 aliphatic carbocycles. The van der Waals surface area contributed by atoms with Gasteiger partial charge in [0, 0.05) is 38.0 Å². The molecule has 0 aromatic heterocycles. The fraction of sp³-hybridized carbons (Fsp3) is 0.529. The van der Waals surface area contributed by atoms with Crippen molar-refractivity contribution in [2.24, 2.45) is 5.92 Å². The zero-order valence-electron chi connectivity index (χ0n) is 15.2. The van der Waals surface area contributed by atoms with Crippen molar-refractivity contribution in [2.75, 3.05) is 38.7 Å². The van der Waals surface area contributed by atoms with Gasteiger partial charge in [-0.25, -0.2) is 4.79 Å². The Labute approximate surface area is 152 Å². The molecule has 1 amide bonds. The summed E-state index contributed by atoms with van der Waals surface area (Å²) in [5, 5.41) is 16.5. The first-order valence-electron chi connectivity index (χ1n) is 8.30. The van der Waals surface area contributed by atoms with Crippen LogP contribution < -0.4 is 10.6 Å². The van der Waals surface area contributed by atoms with Crippen LogP contribution in [0.4, 0.5) is 11.4 Å². The predicted octanol–water partition coefficient (Wildman–Crippen LogP) is 1.97. The van der Waals surface area contributed by atoms with Crippen molar-refractivity contribution in [3.63, 3.8) is 0 Å². The number of hydrogen-bond acceptors (Lipinski definition) is 7. The number of carbonyl (C=O) groups excluding carboxylic acids is 2. The van der Waals surface area contributed by atoms with Crippen LogP contribution >= 0.6 is 0 Å². The number of amides is 1. The van der Waals surface area contributed by atoms with Gasteiger partial charge in [-0.15, -0.1) is 0 Å². The van der Waals surface area contributed by atoms with Crippen LogP contribution in [0, 0.1) is 16.0 Å². The summed E-state index contributed by atoms with van der Waals surface area (Å²) in [4.78, 5) is 34.3. The lowest BCUT2D eigenvalue weighted by Crippen LogP contribution is -2.30. The molecular formula is C17H25N3O6. The maximum absolute atomic E-state index is 12.3. The highest BCUT2D eigenvalue weighted by molar-refractivity contribution is 5.97. The van der Waals surface area contributed by atoms with E-state index in [2.05, 4.69) is 10.6 Å². The number of benzene rings is 1. The van der Waals surface area contributed by atoms with Crippen molar-refractivity contribution < 1.29 is 24.0 Å². The van der Waals surface area contributed by atoms with E-state index in [0.29, 0.717) is 31.3 Å². The molecule has 0 unspecified atom stereocenters. The average molecular weight is 367 g/mol. The van der Waals surface area contributed by atoms with E-state index >= 15 is 0 Å². The van der Waals surface area contributed by atoms with E-state index < -0.39 is 23.4 Å². The number of nitro benzene ring substituents is 1. The number of carbonyl (C=O) groups is 2. The minimum absolute atomic E-state index is 0.00900. The number of non-ortho nitro benzene ring substituents is 1. The van der Waals surface area contributed by atoms with E-state index in [1.165, 1.54) is 19.2 Å². The lowest BCUT2D eigenvalue weighted by atomic mass is 10.1. The minimum atomic E-state index is -0.812. The van der Waals surface area contributed by atoms with E-state index in [1.54, 1.807) is 0 Å². The lowest BCUT2D eigenvalue weighted by molar-refractivity contribution is -0.384. The fourth-order valence-electron chi connectivity index (χ4n) is 2.02. The maximum atomic E-state index is 12.3. The molecule has 1 aromatic rings. The largest absolute Gasteiger partial charge is 0.452 e. The standard InChI is InChI=1S/C17H25N3O6/c1-12(2)6-7-19-16(21)11-26-17(22)14-10-13(20(23)24)4-5-15(14)18-8-9-25-3/h4-5,10,12,18H,6-9,11H2,1-3H3,(H,19,21). The van der Waals surface area contributed by atoms with Crippen molar-refractivity contribution in [3.8, 4) is 0 Å². The van der Waals surface area contributed by atoms with Crippen LogP contribution in [0.15, 0.2) is 18.2 Å². The highest BCUT2D eigenvalue weighted by atomic mass is 16.6. The number of rotatable bonds is 11. The molecule has 0 spiro atoms. The van der Waals surface area contributed by atoms with Crippen molar-refractivity contribution >= 4 is 23.3 Å². The summed E-state index contributed by atoms with van der Waals surface area (Å²) >= 11 is 0. The Balaban J connectivity index is 2.73. The molecule has 2 N–H and O–H groups in total. The smallest absolute Gasteiger partial charge is 0.341 e. The summed E-state index contributed by atoms with van der Waals surface area (Å²) in [7, 11) is 1.53. The van der Waals surface area contributed by atoms with Crippen LogP contribution in [0.1, 0.15) is 30.6 Å². The second-order valence-electron chi connectivity index (χ2n) is 6.02. The summed E-state index contributed by atoms with van der Waals surface area (Å²) in [5.41, 5.74) is 0.124. The predicted molar refractivity (Wildman–Crippen MR) is 96.2 cm³/mol. The Morgan fingerprint density at radius 2 is 2.00 bits per heavy atom. The summed E-state index contributed by atoms with van der Waals surface area (Å²) in [5.74, 6) is -0.783. The number of methoxy groups -OCH3 is 1. The van der Waals surface area contributed by atoms with E-state index in [9.17, 15) is 19.7 Å². The van der Waals surface area contributed by atoms with Crippen LogP contribution in [0.25, 0.3) is 0 Å². The monoisotopic (exact) mass is 367 g/mol. The molecule has 0 radical (unpaired) electrons. The summed E-state index contributed by atoms with van der Waals surface area (Å²) in [6, 6.07) is 3.83. The van der Waals surface area contributed by atoms with Gasteiger partial charge < -0.3 is 20.1 Å². The highest BCUT2D eigenvalue weighted by Gasteiger charge is 2.19. The zero-order chi connectivity index (χ0) is 19.5. The fourth-order valence-corrected chi connectivity index (χ4v) is 2.02. The van der Waals surface area contributed by atoms with Crippen molar-refractivity contribution in [1.82, 2.24) is 5.32 Å². The topological polar surface area (TPSA) is 120 Å². The molecule has 9 nitrogen and oxygen atoms in total. The van der Waals surface area contributed by atoms with Gasteiger partial charge in [-0.05, 0) is 18.4 Å². The molecule has 0 atom stereocenters. The van der Waals surface area contributed by atoms with E-state index in [-0.39, 0.29) is 11.3 Å². The van der Waals surface area contributed by atoms with Gasteiger partial charge in [0.15, 0.2) is 6.61 Å². The first-order valence-corrected chi connectivity index (χ1v) is 8.30. The highest BCUT2D eigenvalue weighted by Crippen LogP contribution is 2.23. The average Bonchev–Trinajstić information content (AvgIpc) is 2.59. The molecule has 1 aromatic carbocycles. The SMILES string of the molecule is COCCNc1ccc([N+](=O)[O-])cc1C(=O)OCC(=O)NCCC(C)C. The van der Waals surface area contributed by atoms with Crippen LogP contribution in [0.3, 0.4) is 0 Å². The van der Waals surface area contributed by atoms with Crippen LogP contribution in [0.5, 0.6) is 0 Å². The number of anilines is 1. The lowest BCUT2D eigenvalue weighted by Gasteiger charge is -2.12. The van der Waals surface area contributed by atoms with Gasteiger partial charge in [0.05, 0.1) is 17.1 Å². The Morgan fingerprint density at radius 3 is 2.62 bits per heavy atom. The van der Waals surface area contributed by atoms with Crippen LogP contribution in [-0.2, 0) is 14.3 Å². The van der Waals surface area contributed by atoms with Gasteiger partial charge in [0.25, 0.3) is 11.6 Å². The van der Waals surface area contributed by atoms with Crippen molar-refractivity contribution in [2.45, 2.75) is 20.3 Å². The number of nitrogens with zero attached hydrogens (tertiary/aromatic N) is 1. The second-order valence-corrected chi connectivity index (χ2v) is 6.02. The number of nitrogens with one attached hydrogen (secondary N) is 2. The molecule has 0 heterocycles. The molecule has 26 heavy (non-hydrogen) atoms. The third-order valence-electron chi connectivity index (χ3n) is 3.43. The van der Waals surface area contributed by atoms with Crippen molar-refractivity contribution in [1.29, 1.82) is 0 Å². The third-order valence-corrected chi connectivity index (χ3v) is 3.43. The molecule has 0 bridgehead atoms. The number of hydrogen-bond donors (Lipinski definition) is 2. The molecule has 1 rings (SSSR count). The number of esters is 1. The third kappa shape index (κ3) is 7.47. The molecule has 0 aliphatic rings. The van der Waals surface area contributed by atoms with Crippen LogP contribution in [0.2, 0.25) is 0 Å². The molecule has 0 saturated heterocycles. The maximum Gasteiger partial charge on any atom is 0.341 e. The van der Waals surface area contributed by atoms with Gasteiger partial charge in [-0.1, -0.05) is 13.8 Å². The van der Waals surface area contributed by atoms with Gasteiger partial charge in [-0.3, -0.25) is 14.9 Å². The molecule has 0 aliphatic heterocycles. The Kier molecular flexibility index (Phi) is 9.07. The Bertz CT molecular complexity index is 633. The summed E-state index contributed by atoms with van der Waals surface area (Å²) in [6.07, 6.45) is 0.818. The number of nitro groups is 1. The van der Waals surface area contributed by atoms with Crippen molar-refractivity contribution in [3.05, 3.63) is 33.9 Å². The molecule has 0 fully saturated rings. The number of ether oxygens (including phenoxy) is 2. The van der Waals surface area contributed by atoms with Gasteiger partial charge in [0.1, 0.15) is 0 Å². The second kappa shape index (κ2) is 11.0.